The zero-order valence-corrected chi connectivity index (χ0v) is 10.9. The van der Waals surface area contributed by atoms with E-state index in [1.54, 1.807) is 19.1 Å². The van der Waals surface area contributed by atoms with Gasteiger partial charge in [0.15, 0.2) is 5.82 Å². The van der Waals surface area contributed by atoms with Gasteiger partial charge in [0.2, 0.25) is 11.1 Å². The second kappa shape index (κ2) is 5.27. The molecule has 2 aromatic rings. The Morgan fingerprint density at radius 3 is 2.58 bits per heavy atom. The zero-order valence-electron chi connectivity index (χ0n) is 10.1. The molecule has 19 heavy (non-hydrogen) atoms. The first-order valence-electron chi connectivity index (χ1n) is 5.41. The average molecular weight is 281 g/mol. The Morgan fingerprint density at radius 2 is 2.00 bits per heavy atom. The van der Waals surface area contributed by atoms with Crippen molar-refractivity contribution in [2.45, 2.75) is 17.3 Å². The number of benzene rings is 1. The van der Waals surface area contributed by atoms with Gasteiger partial charge in [-0.25, -0.2) is 9.07 Å². The molecule has 100 valence electrons. The van der Waals surface area contributed by atoms with Crippen LogP contribution in [0.4, 0.5) is 4.39 Å². The quantitative estimate of drug-likeness (QED) is 0.636. The normalized spacial score (nSPS) is 12.3. The second-order valence-electron chi connectivity index (χ2n) is 3.85. The molecule has 8 heteroatoms. The van der Waals surface area contributed by atoms with Crippen LogP contribution in [0, 0.1) is 5.82 Å². The molecule has 0 saturated heterocycles. The van der Waals surface area contributed by atoms with E-state index >= 15 is 0 Å². The number of aromatic nitrogens is 3. The number of nitrogen functional groups attached to an aromatic ring is 1. The third-order valence-electron chi connectivity index (χ3n) is 2.45. The Labute approximate surface area is 113 Å². The van der Waals surface area contributed by atoms with Crippen molar-refractivity contribution >= 4 is 17.7 Å². The highest BCUT2D eigenvalue weighted by Crippen LogP contribution is 2.24. The standard InChI is InChI=1S/C11H12FN5OS/c1-6(9(13)18)19-11-16-15-10(17(11)14)7-2-4-8(12)5-3-7/h2-6H,14H2,1H3,(H2,13,18)/t6-/m1/s1. The van der Waals surface area contributed by atoms with Crippen LogP contribution in [-0.4, -0.2) is 26.0 Å². The number of nitrogens with zero attached hydrogens (tertiary/aromatic N) is 3. The third kappa shape index (κ3) is 2.84. The fraction of sp³-hybridized carbons (Fsp3) is 0.182. The van der Waals surface area contributed by atoms with Gasteiger partial charge in [-0.1, -0.05) is 11.8 Å². The topological polar surface area (TPSA) is 99.8 Å². The Hall–Kier alpha value is -2.09. The summed E-state index contributed by atoms with van der Waals surface area (Å²) >= 11 is 1.11. The van der Waals surface area contributed by atoms with Gasteiger partial charge in [0.05, 0.1) is 5.25 Å². The van der Waals surface area contributed by atoms with Crippen molar-refractivity contribution in [1.29, 1.82) is 0 Å². The summed E-state index contributed by atoms with van der Waals surface area (Å²) in [5.41, 5.74) is 5.80. The molecule has 0 radical (unpaired) electrons. The number of thioether (sulfide) groups is 1. The molecule has 1 heterocycles. The molecule has 1 aromatic carbocycles. The van der Waals surface area contributed by atoms with Crippen molar-refractivity contribution in [3.63, 3.8) is 0 Å². The number of primary amides is 1. The van der Waals surface area contributed by atoms with Crippen molar-refractivity contribution in [2.75, 3.05) is 5.84 Å². The van der Waals surface area contributed by atoms with Crippen LogP contribution in [0.15, 0.2) is 29.4 Å². The lowest BCUT2D eigenvalue weighted by atomic mass is 10.2. The smallest absolute Gasteiger partial charge is 0.230 e. The van der Waals surface area contributed by atoms with Crippen LogP contribution >= 0.6 is 11.8 Å². The third-order valence-corrected chi connectivity index (χ3v) is 3.52. The number of nitrogens with two attached hydrogens (primary N) is 2. The van der Waals surface area contributed by atoms with E-state index in [-0.39, 0.29) is 5.82 Å². The van der Waals surface area contributed by atoms with E-state index < -0.39 is 11.2 Å². The van der Waals surface area contributed by atoms with E-state index in [2.05, 4.69) is 10.2 Å². The summed E-state index contributed by atoms with van der Waals surface area (Å²) in [6.45, 7) is 1.65. The molecule has 0 aliphatic heterocycles. The van der Waals surface area contributed by atoms with Gasteiger partial charge in [-0.3, -0.25) is 4.79 Å². The molecule has 0 unspecified atom stereocenters. The van der Waals surface area contributed by atoms with E-state index in [0.717, 1.165) is 11.8 Å². The molecular formula is C11H12FN5OS. The molecule has 4 N–H and O–H groups in total. The van der Waals surface area contributed by atoms with Gasteiger partial charge in [0.1, 0.15) is 5.82 Å². The molecule has 0 bridgehead atoms. The van der Waals surface area contributed by atoms with Gasteiger partial charge in [-0.15, -0.1) is 10.2 Å². The summed E-state index contributed by atoms with van der Waals surface area (Å²) < 4.78 is 14.1. The van der Waals surface area contributed by atoms with Crippen molar-refractivity contribution in [1.82, 2.24) is 14.9 Å². The Bertz CT molecular complexity index is 598. The fourth-order valence-corrected chi connectivity index (χ4v) is 2.09. The number of hydrogen-bond donors (Lipinski definition) is 2. The predicted octanol–water partition coefficient (Wildman–Crippen LogP) is 0.764. The first-order chi connectivity index (χ1) is 8.99. The number of hydrogen-bond acceptors (Lipinski definition) is 5. The van der Waals surface area contributed by atoms with Crippen molar-refractivity contribution in [2.24, 2.45) is 5.73 Å². The molecule has 0 aliphatic rings. The van der Waals surface area contributed by atoms with Gasteiger partial charge in [-0.05, 0) is 31.2 Å². The number of carbonyl (C=O) groups is 1. The van der Waals surface area contributed by atoms with Gasteiger partial charge < -0.3 is 11.6 Å². The molecule has 1 amide bonds. The summed E-state index contributed by atoms with van der Waals surface area (Å²) in [4.78, 5) is 11.0. The fourth-order valence-electron chi connectivity index (χ4n) is 1.37. The number of halogens is 1. The molecule has 0 aliphatic carbocycles. The first kappa shape index (κ1) is 13.3. The van der Waals surface area contributed by atoms with E-state index in [9.17, 15) is 9.18 Å². The highest BCUT2D eigenvalue weighted by Gasteiger charge is 2.17. The van der Waals surface area contributed by atoms with Crippen LogP contribution < -0.4 is 11.6 Å². The summed E-state index contributed by atoms with van der Waals surface area (Å²) in [6.07, 6.45) is 0. The average Bonchev–Trinajstić information content (AvgIpc) is 2.72. The molecule has 0 saturated carbocycles. The van der Waals surface area contributed by atoms with Crippen molar-refractivity contribution < 1.29 is 9.18 Å². The van der Waals surface area contributed by atoms with E-state index in [0.29, 0.717) is 16.5 Å². The number of amides is 1. The minimum Gasteiger partial charge on any atom is -0.369 e. The molecule has 1 atom stereocenters. The molecule has 2 rings (SSSR count). The minimum atomic E-state index is -0.465. The number of rotatable bonds is 4. The summed E-state index contributed by atoms with van der Waals surface area (Å²) in [7, 11) is 0. The van der Waals surface area contributed by atoms with Crippen LogP contribution in [0.5, 0.6) is 0 Å². The maximum absolute atomic E-state index is 12.8. The van der Waals surface area contributed by atoms with Crippen LogP contribution in [-0.2, 0) is 4.79 Å². The van der Waals surface area contributed by atoms with E-state index in [1.807, 2.05) is 0 Å². The zero-order chi connectivity index (χ0) is 14.0. The molecule has 0 fully saturated rings. The van der Waals surface area contributed by atoms with Gasteiger partial charge >= 0.3 is 0 Å². The van der Waals surface area contributed by atoms with Crippen LogP contribution in [0.1, 0.15) is 6.92 Å². The predicted molar refractivity (Wildman–Crippen MR) is 70.1 cm³/mol. The van der Waals surface area contributed by atoms with Crippen molar-refractivity contribution in [3.05, 3.63) is 30.1 Å². The molecule has 0 spiro atoms. The van der Waals surface area contributed by atoms with Gasteiger partial charge in [0.25, 0.3) is 0 Å². The van der Waals surface area contributed by atoms with Crippen LogP contribution in [0.2, 0.25) is 0 Å². The largest absolute Gasteiger partial charge is 0.369 e. The van der Waals surface area contributed by atoms with E-state index in [4.69, 9.17) is 11.6 Å². The summed E-state index contributed by atoms with van der Waals surface area (Å²) in [5.74, 6) is 5.43. The Balaban J connectivity index is 2.27. The maximum Gasteiger partial charge on any atom is 0.230 e. The molecule has 6 nitrogen and oxygen atoms in total. The highest BCUT2D eigenvalue weighted by atomic mass is 32.2. The Kier molecular flexibility index (Phi) is 3.70. The van der Waals surface area contributed by atoms with E-state index in [1.165, 1.54) is 16.8 Å². The maximum atomic E-state index is 12.8. The van der Waals surface area contributed by atoms with Crippen LogP contribution in [0.25, 0.3) is 11.4 Å². The molecule has 1 aromatic heterocycles. The minimum absolute atomic E-state index is 0.344. The lowest BCUT2D eigenvalue weighted by Crippen LogP contribution is -2.23. The SMILES string of the molecule is C[C@@H](Sc1nnc(-c2ccc(F)cc2)n1N)C(N)=O. The highest BCUT2D eigenvalue weighted by molar-refractivity contribution is 8.00. The van der Waals surface area contributed by atoms with Crippen molar-refractivity contribution in [3.8, 4) is 11.4 Å². The lowest BCUT2D eigenvalue weighted by molar-refractivity contribution is -0.117. The summed E-state index contributed by atoms with van der Waals surface area (Å²) in [5, 5.41) is 7.71. The Morgan fingerprint density at radius 1 is 1.37 bits per heavy atom. The summed E-state index contributed by atoms with van der Waals surface area (Å²) in [6, 6.07) is 5.72. The van der Waals surface area contributed by atoms with Gasteiger partial charge in [-0.2, -0.15) is 0 Å². The number of carbonyl (C=O) groups excluding carboxylic acids is 1. The van der Waals surface area contributed by atoms with Crippen LogP contribution in [0.3, 0.4) is 0 Å². The first-order valence-corrected chi connectivity index (χ1v) is 6.29. The monoisotopic (exact) mass is 281 g/mol. The van der Waals surface area contributed by atoms with Gasteiger partial charge in [0, 0.05) is 5.56 Å². The second-order valence-corrected chi connectivity index (χ2v) is 5.15. The molecular weight excluding hydrogens is 269 g/mol. The lowest BCUT2D eigenvalue weighted by Gasteiger charge is -2.06.